The van der Waals surface area contributed by atoms with Crippen LogP contribution >= 0.6 is 0 Å². The average molecular weight is 256 g/mol. The van der Waals surface area contributed by atoms with Crippen LogP contribution in [0.1, 0.15) is 27.7 Å². The molecule has 0 saturated carbocycles. The van der Waals surface area contributed by atoms with Crippen LogP contribution < -0.4 is 10.6 Å². The van der Waals surface area contributed by atoms with Crippen molar-refractivity contribution in [1.29, 1.82) is 0 Å². The molecule has 2 atom stereocenters. The summed E-state index contributed by atoms with van der Waals surface area (Å²) in [7, 11) is 1.34. The van der Waals surface area contributed by atoms with Crippen LogP contribution in [0.5, 0.6) is 0 Å². The second-order valence-corrected chi connectivity index (χ2v) is 4.74. The lowest BCUT2D eigenvalue weighted by Gasteiger charge is -2.28. The molecule has 0 heterocycles. The van der Waals surface area contributed by atoms with E-state index >= 15 is 0 Å². The number of nitrogens with one attached hydrogen (secondary N) is 2. The molecule has 0 saturated heterocycles. The van der Waals surface area contributed by atoms with Crippen LogP contribution in [0.15, 0.2) is 0 Å². The van der Waals surface area contributed by atoms with Crippen LogP contribution in [-0.4, -0.2) is 31.1 Å². The molecule has 0 aliphatic carbocycles. The van der Waals surface area contributed by atoms with Gasteiger partial charge in [0.1, 0.15) is 5.60 Å². The first-order valence-electron chi connectivity index (χ1n) is 5.21. The van der Waals surface area contributed by atoms with Gasteiger partial charge in [-0.05, 0) is 27.8 Å². The summed E-state index contributed by atoms with van der Waals surface area (Å²) in [6.45, 7) is 5.88. The van der Waals surface area contributed by atoms with E-state index in [4.69, 9.17) is 4.74 Å². The summed E-state index contributed by atoms with van der Waals surface area (Å²) in [6.07, 6.45) is -6.49. The van der Waals surface area contributed by atoms with Gasteiger partial charge in [-0.2, -0.15) is 13.2 Å². The highest BCUT2D eigenvalue weighted by molar-refractivity contribution is 5.68. The van der Waals surface area contributed by atoms with E-state index in [1.54, 1.807) is 20.8 Å². The lowest BCUT2D eigenvalue weighted by atomic mass is 10.1. The van der Waals surface area contributed by atoms with E-state index in [2.05, 4.69) is 10.6 Å². The number of hydrogen-bond acceptors (Lipinski definition) is 3. The minimum absolute atomic E-state index is 0.746. The molecule has 0 radical (unpaired) electrons. The number of alkyl carbamates (subject to hydrolysis) is 1. The van der Waals surface area contributed by atoms with E-state index in [1.807, 2.05) is 0 Å². The molecule has 0 bridgehead atoms. The number of halogens is 3. The number of rotatable bonds is 3. The molecular formula is C10H19F3N2O2. The topological polar surface area (TPSA) is 50.4 Å². The largest absolute Gasteiger partial charge is 0.444 e. The van der Waals surface area contributed by atoms with Crippen molar-refractivity contribution >= 4 is 6.09 Å². The van der Waals surface area contributed by atoms with Crippen LogP contribution in [0.25, 0.3) is 0 Å². The molecule has 2 N–H and O–H groups in total. The second kappa shape index (κ2) is 5.57. The molecule has 1 amide bonds. The molecule has 0 fully saturated rings. The van der Waals surface area contributed by atoms with Crippen molar-refractivity contribution in [3.05, 3.63) is 0 Å². The number of hydrogen-bond donors (Lipinski definition) is 2. The van der Waals surface area contributed by atoms with Crippen molar-refractivity contribution < 1.29 is 22.7 Å². The second-order valence-electron chi connectivity index (χ2n) is 4.74. The lowest BCUT2D eigenvalue weighted by molar-refractivity contribution is -0.178. The highest BCUT2D eigenvalue weighted by Crippen LogP contribution is 2.27. The molecule has 0 aromatic rings. The molecule has 17 heavy (non-hydrogen) atoms. The number of alkyl halides is 3. The van der Waals surface area contributed by atoms with Crippen molar-refractivity contribution in [3.63, 3.8) is 0 Å². The Morgan fingerprint density at radius 2 is 1.71 bits per heavy atom. The minimum Gasteiger partial charge on any atom is -0.444 e. The van der Waals surface area contributed by atoms with Crippen LogP contribution in [-0.2, 0) is 4.74 Å². The Morgan fingerprint density at radius 1 is 1.24 bits per heavy atom. The zero-order valence-electron chi connectivity index (χ0n) is 10.6. The number of carbonyl (C=O) groups excluding carboxylic acids is 1. The molecule has 102 valence electrons. The summed E-state index contributed by atoms with van der Waals surface area (Å²) < 4.78 is 42.2. The molecule has 0 rings (SSSR count). The predicted molar refractivity (Wildman–Crippen MR) is 57.4 cm³/mol. The first-order chi connectivity index (χ1) is 7.47. The maximum absolute atomic E-state index is 12.4. The van der Waals surface area contributed by atoms with Gasteiger partial charge in [-0.1, -0.05) is 6.92 Å². The predicted octanol–water partition coefficient (Wildman–Crippen LogP) is 2.25. The van der Waals surface area contributed by atoms with Gasteiger partial charge < -0.3 is 10.1 Å². The maximum atomic E-state index is 12.4. The summed E-state index contributed by atoms with van der Waals surface area (Å²) >= 11 is 0. The Labute approximate surface area is 98.9 Å². The average Bonchev–Trinajstić information content (AvgIpc) is 2.08. The van der Waals surface area contributed by atoms with Gasteiger partial charge in [0.2, 0.25) is 0 Å². The Hall–Kier alpha value is -0.980. The van der Waals surface area contributed by atoms with E-state index in [0.29, 0.717) is 0 Å². The number of amides is 1. The quantitative estimate of drug-likeness (QED) is 0.761. The zero-order chi connectivity index (χ0) is 13.9. The third-order valence-electron chi connectivity index (χ3n) is 2.00. The molecular weight excluding hydrogens is 237 g/mol. The number of ether oxygens (including phenoxy) is 1. The van der Waals surface area contributed by atoms with E-state index < -0.39 is 30.0 Å². The molecule has 0 aliphatic heterocycles. The van der Waals surface area contributed by atoms with Gasteiger partial charge in [0.15, 0.2) is 0 Å². The van der Waals surface area contributed by atoms with E-state index in [0.717, 1.165) is 6.92 Å². The van der Waals surface area contributed by atoms with Gasteiger partial charge in [-0.15, -0.1) is 0 Å². The van der Waals surface area contributed by atoms with Crippen molar-refractivity contribution in [1.82, 2.24) is 10.6 Å². The Kier molecular flexibility index (Phi) is 5.25. The zero-order valence-corrected chi connectivity index (χ0v) is 10.6. The standard InChI is InChI=1S/C10H19F3N2O2/c1-6(10(11,12)13)7(14-5)15-8(16)17-9(2,3)4/h6-7,14H,1-5H3,(H,15,16)/t6?,7-/m0/s1. The third kappa shape index (κ3) is 6.35. The molecule has 4 nitrogen and oxygen atoms in total. The maximum Gasteiger partial charge on any atom is 0.408 e. The van der Waals surface area contributed by atoms with Gasteiger partial charge in [-0.25, -0.2) is 4.79 Å². The van der Waals surface area contributed by atoms with Crippen LogP contribution in [0, 0.1) is 5.92 Å². The summed E-state index contributed by atoms with van der Waals surface area (Å²) in [5.74, 6) is -1.71. The van der Waals surface area contributed by atoms with Gasteiger partial charge >= 0.3 is 12.3 Å². The first-order valence-corrected chi connectivity index (χ1v) is 5.21. The molecule has 0 aromatic carbocycles. The van der Waals surface area contributed by atoms with E-state index in [9.17, 15) is 18.0 Å². The Morgan fingerprint density at radius 3 is 2.00 bits per heavy atom. The Balaban J connectivity index is 4.47. The van der Waals surface area contributed by atoms with Gasteiger partial charge in [-0.3, -0.25) is 5.32 Å². The first kappa shape index (κ1) is 16.0. The van der Waals surface area contributed by atoms with Gasteiger partial charge in [0, 0.05) is 0 Å². The highest BCUT2D eigenvalue weighted by Gasteiger charge is 2.41. The third-order valence-corrected chi connectivity index (χ3v) is 2.00. The highest BCUT2D eigenvalue weighted by atomic mass is 19.4. The van der Waals surface area contributed by atoms with Crippen LogP contribution in [0.3, 0.4) is 0 Å². The van der Waals surface area contributed by atoms with Gasteiger partial charge in [0.25, 0.3) is 0 Å². The Bertz CT molecular complexity index is 261. The van der Waals surface area contributed by atoms with Crippen molar-refractivity contribution in [2.45, 2.75) is 45.6 Å². The van der Waals surface area contributed by atoms with Crippen molar-refractivity contribution in [2.24, 2.45) is 5.92 Å². The van der Waals surface area contributed by atoms with E-state index in [1.165, 1.54) is 7.05 Å². The summed E-state index contributed by atoms with van der Waals surface area (Å²) in [4.78, 5) is 11.3. The lowest BCUT2D eigenvalue weighted by Crippen LogP contribution is -2.53. The fraction of sp³-hybridized carbons (Fsp3) is 0.900. The normalized spacial score (nSPS) is 16.2. The molecule has 7 heteroatoms. The van der Waals surface area contributed by atoms with Gasteiger partial charge in [0.05, 0.1) is 12.1 Å². The fourth-order valence-corrected chi connectivity index (χ4v) is 1.07. The molecule has 0 aliphatic rings. The summed E-state index contributed by atoms with van der Waals surface area (Å²) in [5, 5.41) is 4.53. The monoisotopic (exact) mass is 256 g/mol. The molecule has 0 spiro atoms. The molecule has 1 unspecified atom stereocenters. The van der Waals surface area contributed by atoms with Crippen molar-refractivity contribution in [2.75, 3.05) is 7.05 Å². The minimum atomic E-state index is -4.39. The van der Waals surface area contributed by atoms with Crippen molar-refractivity contribution in [3.8, 4) is 0 Å². The molecule has 0 aromatic heterocycles. The number of carbonyl (C=O) groups is 1. The summed E-state index contributed by atoms with van der Waals surface area (Å²) in [5.41, 5.74) is -0.746. The SMILES string of the molecule is CN[C@@H](NC(=O)OC(C)(C)C)C(C)C(F)(F)F. The van der Waals surface area contributed by atoms with Crippen LogP contribution in [0.4, 0.5) is 18.0 Å². The summed E-state index contributed by atoms with van der Waals surface area (Å²) in [6, 6.07) is 0. The van der Waals surface area contributed by atoms with Crippen LogP contribution in [0.2, 0.25) is 0 Å². The smallest absolute Gasteiger partial charge is 0.408 e. The fourth-order valence-electron chi connectivity index (χ4n) is 1.07. The van der Waals surface area contributed by atoms with E-state index in [-0.39, 0.29) is 0 Å².